The van der Waals surface area contributed by atoms with Crippen molar-refractivity contribution in [1.82, 2.24) is 4.98 Å². The normalized spacial score (nSPS) is 10.4. The van der Waals surface area contributed by atoms with E-state index in [4.69, 9.17) is 25.1 Å². The maximum atomic E-state index is 10.7. The molecular formula is C12H18N2O5. The highest BCUT2D eigenvalue weighted by Gasteiger charge is 2.08. The van der Waals surface area contributed by atoms with Gasteiger partial charge < -0.3 is 25.1 Å². The molecule has 7 nitrogen and oxygen atoms in total. The van der Waals surface area contributed by atoms with Crippen LogP contribution in [0.4, 0.5) is 5.69 Å². The Hall–Kier alpha value is -1.86. The van der Waals surface area contributed by atoms with E-state index < -0.39 is 5.97 Å². The van der Waals surface area contributed by atoms with Crippen LogP contribution in [-0.2, 0) is 9.47 Å². The van der Waals surface area contributed by atoms with Crippen molar-refractivity contribution in [3.8, 4) is 5.88 Å². The molecule has 0 atom stereocenters. The standard InChI is InChI=1S/C12H18N2O5/c1-17-3-2-4-18-5-6-19-11-10(13)7-9(8-14-11)12(15)16/h7-8H,2-6,13H2,1H3,(H,15,16). The molecule has 0 saturated heterocycles. The van der Waals surface area contributed by atoms with Crippen LogP contribution in [0.15, 0.2) is 12.3 Å². The first kappa shape index (κ1) is 15.2. The molecule has 106 valence electrons. The molecule has 0 aromatic carbocycles. The average molecular weight is 270 g/mol. The Morgan fingerprint density at radius 1 is 1.37 bits per heavy atom. The van der Waals surface area contributed by atoms with Crippen molar-refractivity contribution in [1.29, 1.82) is 0 Å². The van der Waals surface area contributed by atoms with E-state index in [-0.39, 0.29) is 17.1 Å². The van der Waals surface area contributed by atoms with Crippen molar-refractivity contribution in [2.75, 3.05) is 39.3 Å². The van der Waals surface area contributed by atoms with E-state index in [0.717, 1.165) is 6.42 Å². The lowest BCUT2D eigenvalue weighted by atomic mass is 10.2. The van der Waals surface area contributed by atoms with Gasteiger partial charge in [-0.1, -0.05) is 0 Å². The molecule has 0 unspecified atom stereocenters. The molecule has 0 radical (unpaired) electrons. The van der Waals surface area contributed by atoms with E-state index in [2.05, 4.69) is 4.98 Å². The summed E-state index contributed by atoms with van der Waals surface area (Å²) in [5.41, 5.74) is 5.85. The fourth-order valence-corrected chi connectivity index (χ4v) is 1.31. The molecule has 1 heterocycles. The van der Waals surface area contributed by atoms with Gasteiger partial charge in [-0.3, -0.25) is 0 Å². The fourth-order valence-electron chi connectivity index (χ4n) is 1.31. The first-order valence-electron chi connectivity index (χ1n) is 5.83. The number of nitrogens with zero attached hydrogens (tertiary/aromatic N) is 1. The second-order valence-electron chi connectivity index (χ2n) is 3.73. The third kappa shape index (κ3) is 5.54. The summed E-state index contributed by atoms with van der Waals surface area (Å²) >= 11 is 0. The lowest BCUT2D eigenvalue weighted by molar-refractivity contribution is 0.0695. The van der Waals surface area contributed by atoms with Crippen LogP contribution in [0.25, 0.3) is 0 Å². The molecule has 3 N–H and O–H groups in total. The molecule has 0 saturated carbocycles. The SMILES string of the molecule is COCCCOCCOc1ncc(C(=O)O)cc1N. The van der Waals surface area contributed by atoms with Crippen LogP contribution in [0.5, 0.6) is 5.88 Å². The summed E-state index contributed by atoms with van der Waals surface area (Å²) < 4.78 is 15.5. The number of methoxy groups -OCH3 is 1. The number of nitrogen functional groups attached to an aromatic ring is 1. The Morgan fingerprint density at radius 3 is 2.79 bits per heavy atom. The smallest absolute Gasteiger partial charge is 0.337 e. The van der Waals surface area contributed by atoms with Crippen molar-refractivity contribution < 1.29 is 24.1 Å². The molecule has 19 heavy (non-hydrogen) atoms. The minimum atomic E-state index is -1.08. The Morgan fingerprint density at radius 2 is 2.16 bits per heavy atom. The number of pyridine rings is 1. The lowest BCUT2D eigenvalue weighted by Gasteiger charge is -2.08. The largest absolute Gasteiger partial charge is 0.478 e. The minimum absolute atomic E-state index is 0.0284. The summed E-state index contributed by atoms with van der Waals surface area (Å²) in [4.78, 5) is 14.5. The second kappa shape index (κ2) is 8.28. The third-order valence-corrected chi connectivity index (χ3v) is 2.23. The quantitative estimate of drug-likeness (QED) is 0.639. The van der Waals surface area contributed by atoms with Crippen molar-refractivity contribution >= 4 is 11.7 Å². The first-order valence-corrected chi connectivity index (χ1v) is 5.83. The molecule has 0 fully saturated rings. The Bertz CT molecular complexity index is 411. The zero-order chi connectivity index (χ0) is 14.1. The number of aromatic nitrogens is 1. The number of carboxylic acid groups (broad SMARTS) is 1. The number of rotatable bonds is 9. The van der Waals surface area contributed by atoms with Crippen molar-refractivity contribution in [2.24, 2.45) is 0 Å². The highest BCUT2D eigenvalue weighted by molar-refractivity contribution is 5.88. The molecule has 0 aliphatic rings. The predicted molar refractivity (Wildman–Crippen MR) is 68.4 cm³/mol. The Labute approximate surface area is 111 Å². The maximum absolute atomic E-state index is 10.7. The van der Waals surface area contributed by atoms with Crippen LogP contribution in [-0.4, -0.2) is 49.6 Å². The average Bonchev–Trinajstić information content (AvgIpc) is 2.39. The van der Waals surface area contributed by atoms with Crippen molar-refractivity contribution in [3.05, 3.63) is 17.8 Å². The summed E-state index contributed by atoms with van der Waals surface area (Å²) in [6.07, 6.45) is 2.03. The van der Waals surface area contributed by atoms with Gasteiger partial charge in [0.05, 0.1) is 17.9 Å². The zero-order valence-corrected chi connectivity index (χ0v) is 10.8. The highest BCUT2D eigenvalue weighted by atomic mass is 16.5. The van der Waals surface area contributed by atoms with Gasteiger partial charge in [0.25, 0.3) is 0 Å². The molecule has 7 heteroatoms. The number of aromatic carboxylic acids is 1. The summed E-state index contributed by atoms with van der Waals surface area (Å²) in [5.74, 6) is -0.863. The van der Waals surface area contributed by atoms with E-state index in [1.807, 2.05) is 0 Å². The number of anilines is 1. The van der Waals surface area contributed by atoms with Gasteiger partial charge in [-0.25, -0.2) is 9.78 Å². The van der Waals surface area contributed by atoms with E-state index in [1.54, 1.807) is 7.11 Å². The van der Waals surface area contributed by atoms with Crippen LogP contribution >= 0.6 is 0 Å². The molecule has 0 aliphatic heterocycles. The molecule has 0 aliphatic carbocycles. The van der Waals surface area contributed by atoms with Gasteiger partial charge in [0.1, 0.15) is 6.61 Å². The molecule has 1 rings (SSSR count). The van der Waals surface area contributed by atoms with Gasteiger partial charge in [0, 0.05) is 26.5 Å². The Balaban J connectivity index is 2.28. The zero-order valence-electron chi connectivity index (χ0n) is 10.8. The fraction of sp³-hybridized carbons (Fsp3) is 0.500. The highest BCUT2D eigenvalue weighted by Crippen LogP contribution is 2.18. The lowest BCUT2D eigenvalue weighted by Crippen LogP contribution is -2.11. The molecule has 0 bridgehead atoms. The molecule has 1 aromatic rings. The van der Waals surface area contributed by atoms with Gasteiger partial charge in [-0.05, 0) is 12.5 Å². The van der Waals surface area contributed by atoms with Crippen molar-refractivity contribution in [3.63, 3.8) is 0 Å². The number of hydrogen-bond acceptors (Lipinski definition) is 6. The van der Waals surface area contributed by atoms with Crippen LogP contribution in [0, 0.1) is 0 Å². The van der Waals surface area contributed by atoms with E-state index in [0.29, 0.717) is 26.4 Å². The van der Waals surface area contributed by atoms with Crippen LogP contribution in [0.3, 0.4) is 0 Å². The van der Waals surface area contributed by atoms with Gasteiger partial charge >= 0.3 is 5.97 Å². The molecule has 0 amide bonds. The summed E-state index contributed by atoms with van der Waals surface area (Å²) in [6, 6.07) is 1.31. The second-order valence-corrected chi connectivity index (χ2v) is 3.73. The van der Waals surface area contributed by atoms with Gasteiger partial charge in [-0.15, -0.1) is 0 Å². The summed E-state index contributed by atoms with van der Waals surface area (Å²) in [5, 5.41) is 8.75. The van der Waals surface area contributed by atoms with Crippen LogP contribution in [0.2, 0.25) is 0 Å². The van der Waals surface area contributed by atoms with Crippen molar-refractivity contribution in [2.45, 2.75) is 6.42 Å². The number of nitrogens with two attached hydrogens (primary N) is 1. The van der Waals surface area contributed by atoms with E-state index in [9.17, 15) is 4.79 Å². The number of carboxylic acids is 1. The van der Waals surface area contributed by atoms with Gasteiger partial charge in [-0.2, -0.15) is 0 Å². The monoisotopic (exact) mass is 270 g/mol. The van der Waals surface area contributed by atoms with Gasteiger partial charge in [0.15, 0.2) is 0 Å². The number of hydrogen-bond donors (Lipinski definition) is 2. The molecule has 1 aromatic heterocycles. The topological polar surface area (TPSA) is 104 Å². The molecular weight excluding hydrogens is 252 g/mol. The molecule has 0 spiro atoms. The minimum Gasteiger partial charge on any atom is -0.478 e. The van der Waals surface area contributed by atoms with E-state index >= 15 is 0 Å². The predicted octanol–water partition coefficient (Wildman–Crippen LogP) is 0.794. The van der Waals surface area contributed by atoms with E-state index in [1.165, 1.54) is 12.3 Å². The van der Waals surface area contributed by atoms with Gasteiger partial charge in [0.2, 0.25) is 5.88 Å². The number of carbonyl (C=O) groups is 1. The maximum Gasteiger partial charge on any atom is 0.337 e. The van der Waals surface area contributed by atoms with Crippen LogP contribution < -0.4 is 10.5 Å². The first-order chi connectivity index (χ1) is 9.15. The third-order valence-electron chi connectivity index (χ3n) is 2.23. The van der Waals surface area contributed by atoms with Crippen LogP contribution in [0.1, 0.15) is 16.8 Å². The number of ether oxygens (including phenoxy) is 3. The summed E-state index contributed by atoms with van der Waals surface area (Å²) in [6.45, 7) is 1.96. The summed E-state index contributed by atoms with van der Waals surface area (Å²) in [7, 11) is 1.64. The Kier molecular flexibility index (Phi) is 6.62.